The van der Waals surface area contributed by atoms with Gasteiger partial charge in [-0.3, -0.25) is 0 Å². The third kappa shape index (κ3) is 3.63. The summed E-state index contributed by atoms with van der Waals surface area (Å²) in [6.45, 7) is 4.40. The number of hydrogen-bond acceptors (Lipinski definition) is 4. The van der Waals surface area contributed by atoms with E-state index in [0.717, 1.165) is 16.7 Å². The van der Waals surface area contributed by atoms with Crippen molar-refractivity contribution in [2.24, 2.45) is 0 Å². The summed E-state index contributed by atoms with van der Waals surface area (Å²) in [6, 6.07) is 11.9. The SMILES string of the molecule is CCS(=O)(=O)NCc1nc2cccnc2n1Cc1cccc(C)c1. The molecule has 3 rings (SSSR count). The molecule has 0 unspecified atom stereocenters. The zero-order valence-electron chi connectivity index (χ0n) is 13.7. The zero-order chi connectivity index (χ0) is 17.2. The number of fused-ring (bicyclic) bond motifs is 1. The highest BCUT2D eigenvalue weighted by atomic mass is 32.2. The molecule has 0 amide bonds. The molecule has 24 heavy (non-hydrogen) atoms. The lowest BCUT2D eigenvalue weighted by molar-refractivity contribution is 0.578. The van der Waals surface area contributed by atoms with Gasteiger partial charge in [-0.25, -0.2) is 23.1 Å². The van der Waals surface area contributed by atoms with Gasteiger partial charge in [0.05, 0.1) is 18.8 Å². The lowest BCUT2D eigenvalue weighted by atomic mass is 10.1. The predicted octanol–water partition coefficient (Wildman–Crippen LogP) is 2.23. The highest BCUT2D eigenvalue weighted by Crippen LogP contribution is 2.16. The summed E-state index contributed by atoms with van der Waals surface area (Å²) in [5, 5.41) is 0. The van der Waals surface area contributed by atoms with E-state index in [1.165, 1.54) is 5.56 Å². The number of sulfonamides is 1. The molecule has 0 fully saturated rings. The molecule has 0 bridgehead atoms. The fourth-order valence-electron chi connectivity index (χ4n) is 2.58. The molecule has 0 atom stereocenters. The van der Waals surface area contributed by atoms with E-state index in [2.05, 4.69) is 20.8 Å². The van der Waals surface area contributed by atoms with Gasteiger partial charge in [0, 0.05) is 6.20 Å². The minimum absolute atomic E-state index is 0.0450. The summed E-state index contributed by atoms with van der Waals surface area (Å²) < 4.78 is 28.0. The Balaban J connectivity index is 1.99. The monoisotopic (exact) mass is 344 g/mol. The fraction of sp³-hybridized carbons (Fsp3) is 0.294. The molecule has 0 saturated heterocycles. The first-order chi connectivity index (χ1) is 11.5. The quantitative estimate of drug-likeness (QED) is 0.744. The molecule has 2 heterocycles. The molecule has 0 aliphatic rings. The van der Waals surface area contributed by atoms with Crippen LogP contribution in [0.3, 0.4) is 0 Å². The van der Waals surface area contributed by atoms with Crippen molar-refractivity contribution in [3.8, 4) is 0 Å². The molecule has 2 aromatic heterocycles. The van der Waals surface area contributed by atoms with Crippen molar-refractivity contribution < 1.29 is 8.42 Å². The molecular weight excluding hydrogens is 324 g/mol. The van der Waals surface area contributed by atoms with Crippen LogP contribution in [0.25, 0.3) is 11.2 Å². The Bertz CT molecular complexity index is 964. The Morgan fingerprint density at radius 2 is 2.04 bits per heavy atom. The molecule has 0 aliphatic heterocycles. The van der Waals surface area contributed by atoms with Gasteiger partial charge in [-0.2, -0.15) is 0 Å². The van der Waals surface area contributed by atoms with Gasteiger partial charge >= 0.3 is 0 Å². The molecule has 126 valence electrons. The Hall–Kier alpha value is -2.25. The topological polar surface area (TPSA) is 76.9 Å². The highest BCUT2D eigenvalue weighted by molar-refractivity contribution is 7.89. The van der Waals surface area contributed by atoms with Gasteiger partial charge in [-0.1, -0.05) is 29.8 Å². The number of aryl methyl sites for hydroxylation is 1. The van der Waals surface area contributed by atoms with Crippen molar-refractivity contribution in [1.29, 1.82) is 0 Å². The van der Waals surface area contributed by atoms with Crippen LogP contribution < -0.4 is 4.72 Å². The average Bonchev–Trinajstić information content (AvgIpc) is 2.91. The van der Waals surface area contributed by atoms with Crippen LogP contribution in [-0.4, -0.2) is 28.7 Å². The van der Waals surface area contributed by atoms with Gasteiger partial charge in [0.1, 0.15) is 11.3 Å². The number of nitrogens with zero attached hydrogens (tertiary/aromatic N) is 3. The van der Waals surface area contributed by atoms with Crippen LogP contribution in [0.15, 0.2) is 42.6 Å². The Morgan fingerprint density at radius 3 is 2.79 bits per heavy atom. The lowest BCUT2D eigenvalue weighted by Crippen LogP contribution is -2.26. The van der Waals surface area contributed by atoms with Gasteiger partial charge in [-0.15, -0.1) is 0 Å². The Kier molecular flexibility index (Phi) is 4.64. The van der Waals surface area contributed by atoms with Crippen molar-refractivity contribution >= 4 is 21.2 Å². The maximum atomic E-state index is 11.7. The van der Waals surface area contributed by atoms with E-state index in [0.29, 0.717) is 12.4 Å². The minimum atomic E-state index is -3.28. The van der Waals surface area contributed by atoms with Crippen molar-refractivity contribution in [3.05, 3.63) is 59.5 Å². The first kappa shape index (κ1) is 16.6. The second-order valence-corrected chi connectivity index (χ2v) is 7.77. The average molecular weight is 344 g/mol. The van der Waals surface area contributed by atoms with Crippen LogP contribution >= 0.6 is 0 Å². The van der Waals surface area contributed by atoms with Crippen molar-refractivity contribution in [3.63, 3.8) is 0 Å². The van der Waals surface area contributed by atoms with Gasteiger partial charge in [-0.05, 0) is 31.5 Å². The number of rotatable bonds is 6. The Morgan fingerprint density at radius 1 is 1.21 bits per heavy atom. The summed E-state index contributed by atoms with van der Waals surface area (Å²) in [5.74, 6) is 0.700. The number of imidazole rings is 1. The highest BCUT2D eigenvalue weighted by Gasteiger charge is 2.14. The number of hydrogen-bond donors (Lipinski definition) is 1. The summed E-state index contributed by atoms with van der Waals surface area (Å²) in [6.07, 6.45) is 1.72. The van der Waals surface area contributed by atoms with Crippen LogP contribution in [0.1, 0.15) is 23.9 Å². The molecule has 0 aliphatic carbocycles. The molecule has 0 saturated carbocycles. The largest absolute Gasteiger partial charge is 0.307 e. The smallest absolute Gasteiger partial charge is 0.211 e. The summed E-state index contributed by atoms with van der Waals surface area (Å²) >= 11 is 0. The second kappa shape index (κ2) is 6.70. The van der Waals surface area contributed by atoms with Gasteiger partial charge in [0.15, 0.2) is 5.65 Å². The van der Waals surface area contributed by atoms with E-state index in [-0.39, 0.29) is 12.3 Å². The van der Waals surface area contributed by atoms with Crippen LogP contribution in [-0.2, 0) is 23.1 Å². The maximum absolute atomic E-state index is 11.7. The van der Waals surface area contributed by atoms with Crippen LogP contribution in [0.4, 0.5) is 0 Å². The fourth-order valence-corrected chi connectivity index (χ4v) is 3.13. The number of benzene rings is 1. The third-order valence-corrected chi connectivity index (χ3v) is 5.18. The molecule has 3 aromatic rings. The standard InChI is InChI=1S/C17H20N4O2S/c1-3-24(22,23)19-11-16-20-15-8-5-9-18-17(15)21(16)12-14-7-4-6-13(2)10-14/h4-10,19H,3,11-12H2,1-2H3. The summed E-state index contributed by atoms with van der Waals surface area (Å²) in [5.41, 5.74) is 3.82. The molecule has 0 radical (unpaired) electrons. The Labute approximate surface area is 141 Å². The van der Waals surface area contributed by atoms with Crippen LogP contribution in [0.5, 0.6) is 0 Å². The molecule has 7 heteroatoms. The molecule has 1 N–H and O–H groups in total. The minimum Gasteiger partial charge on any atom is -0.307 e. The van der Waals surface area contributed by atoms with Crippen LogP contribution in [0, 0.1) is 6.92 Å². The number of nitrogens with one attached hydrogen (secondary N) is 1. The van der Waals surface area contributed by atoms with Crippen molar-refractivity contribution in [1.82, 2.24) is 19.3 Å². The number of aromatic nitrogens is 3. The maximum Gasteiger partial charge on any atom is 0.211 e. The van der Waals surface area contributed by atoms with E-state index < -0.39 is 10.0 Å². The summed E-state index contributed by atoms with van der Waals surface area (Å²) in [7, 11) is -3.28. The van der Waals surface area contributed by atoms with E-state index >= 15 is 0 Å². The first-order valence-electron chi connectivity index (χ1n) is 7.81. The zero-order valence-corrected chi connectivity index (χ0v) is 14.5. The van der Waals surface area contributed by atoms with E-state index in [9.17, 15) is 8.42 Å². The molecule has 0 spiro atoms. The number of pyridine rings is 1. The normalized spacial score (nSPS) is 11.9. The predicted molar refractivity (Wildman–Crippen MR) is 94.1 cm³/mol. The van der Waals surface area contributed by atoms with Crippen LogP contribution in [0.2, 0.25) is 0 Å². The molecular formula is C17H20N4O2S. The van der Waals surface area contributed by atoms with Gasteiger partial charge in [0.2, 0.25) is 10.0 Å². The van der Waals surface area contributed by atoms with Gasteiger partial charge in [0.25, 0.3) is 0 Å². The molecule has 1 aromatic carbocycles. The van der Waals surface area contributed by atoms with Crippen molar-refractivity contribution in [2.45, 2.75) is 26.9 Å². The third-order valence-electron chi connectivity index (χ3n) is 3.84. The summed E-state index contributed by atoms with van der Waals surface area (Å²) in [4.78, 5) is 8.95. The van der Waals surface area contributed by atoms with E-state index in [1.54, 1.807) is 13.1 Å². The van der Waals surface area contributed by atoms with E-state index in [1.807, 2.05) is 41.8 Å². The first-order valence-corrected chi connectivity index (χ1v) is 9.47. The molecule has 6 nitrogen and oxygen atoms in total. The van der Waals surface area contributed by atoms with Gasteiger partial charge < -0.3 is 4.57 Å². The lowest BCUT2D eigenvalue weighted by Gasteiger charge is -2.10. The van der Waals surface area contributed by atoms with Crippen molar-refractivity contribution in [2.75, 3.05) is 5.75 Å². The van der Waals surface area contributed by atoms with E-state index in [4.69, 9.17) is 0 Å². The second-order valence-electron chi connectivity index (χ2n) is 5.67.